The van der Waals surface area contributed by atoms with Gasteiger partial charge in [-0.3, -0.25) is 0 Å². The van der Waals surface area contributed by atoms with Crippen LogP contribution in [-0.4, -0.2) is 43.9 Å². The second-order valence-corrected chi connectivity index (χ2v) is 10.6. The summed E-state index contributed by atoms with van der Waals surface area (Å²) in [6.45, 7) is 3.83. The van der Waals surface area contributed by atoms with Gasteiger partial charge in [0.25, 0.3) is 0 Å². The van der Waals surface area contributed by atoms with Gasteiger partial charge < -0.3 is 28.4 Å². The Morgan fingerprint density at radius 2 is 0.955 bits per heavy atom. The van der Waals surface area contributed by atoms with Gasteiger partial charge in [0, 0.05) is 0 Å². The van der Waals surface area contributed by atoms with Crippen molar-refractivity contribution in [2.45, 2.75) is 64.1 Å². The van der Waals surface area contributed by atoms with E-state index in [2.05, 4.69) is 11.8 Å². The van der Waals surface area contributed by atoms with Crippen molar-refractivity contribution in [2.24, 2.45) is 0 Å². The molecule has 1 aliphatic rings. The Bertz CT molecular complexity index is 1400. The lowest BCUT2D eigenvalue weighted by Gasteiger charge is -2.45. The molecule has 0 radical (unpaired) electrons. The molecule has 5 rings (SSSR count). The fourth-order valence-corrected chi connectivity index (χ4v) is 5.08. The average molecular weight is 593 g/mol. The van der Waals surface area contributed by atoms with Crippen LogP contribution in [0.5, 0.6) is 0 Å². The fraction of sp³-hybridized carbons (Fsp3) is 0.316. The molecule has 228 valence electrons. The second kappa shape index (κ2) is 17.5. The van der Waals surface area contributed by atoms with Crippen molar-refractivity contribution in [1.29, 1.82) is 0 Å². The van der Waals surface area contributed by atoms with Crippen molar-refractivity contribution >= 4 is 0 Å². The van der Waals surface area contributed by atoms with E-state index in [-0.39, 0.29) is 13.2 Å². The molecule has 6 nitrogen and oxygen atoms in total. The van der Waals surface area contributed by atoms with Crippen LogP contribution >= 0.6 is 0 Å². The minimum Gasteiger partial charge on any atom is -0.374 e. The van der Waals surface area contributed by atoms with E-state index < -0.39 is 30.7 Å². The highest BCUT2D eigenvalue weighted by molar-refractivity contribution is 5.16. The lowest BCUT2D eigenvalue weighted by Crippen LogP contribution is -2.61. The van der Waals surface area contributed by atoms with Crippen LogP contribution < -0.4 is 0 Å². The van der Waals surface area contributed by atoms with Crippen LogP contribution in [-0.2, 0) is 54.8 Å². The van der Waals surface area contributed by atoms with Gasteiger partial charge in [0.1, 0.15) is 31.0 Å². The smallest absolute Gasteiger partial charge is 0.188 e. The number of rotatable bonds is 15. The van der Waals surface area contributed by atoms with E-state index in [0.717, 1.165) is 22.3 Å². The number of ether oxygens (including phenoxy) is 6. The molecule has 0 saturated carbocycles. The quantitative estimate of drug-likeness (QED) is 0.143. The van der Waals surface area contributed by atoms with E-state index in [9.17, 15) is 0 Å². The molecule has 1 fully saturated rings. The lowest BCUT2D eigenvalue weighted by molar-refractivity contribution is -0.326. The Hall–Kier alpha value is -3.80. The standard InChI is InChI=1S/C38H40O6/c1-2-3-24-40-38-37(43-28-33-22-14-7-15-23-33)36(42-27-32-20-12-6-13-21-32)35(41-26-31-18-10-5-11-19-31)34(44-38)29-39-25-30-16-8-4-9-17-30/h4-23,34-38H,24-29H2,1H3/t34-,35-,36+,37-,38-/m1/s1. The summed E-state index contributed by atoms with van der Waals surface area (Å²) in [5, 5.41) is 0. The van der Waals surface area contributed by atoms with Crippen molar-refractivity contribution in [3.8, 4) is 11.8 Å². The van der Waals surface area contributed by atoms with E-state index in [1.165, 1.54) is 0 Å². The number of hydrogen-bond acceptors (Lipinski definition) is 6. The summed E-state index contributed by atoms with van der Waals surface area (Å²) in [4.78, 5) is 0. The molecular weight excluding hydrogens is 552 g/mol. The highest BCUT2D eigenvalue weighted by Gasteiger charge is 2.49. The molecule has 0 spiro atoms. The minimum absolute atomic E-state index is 0.199. The second-order valence-electron chi connectivity index (χ2n) is 10.6. The first kappa shape index (κ1) is 31.6. The molecule has 0 aromatic heterocycles. The predicted octanol–water partition coefficient (Wildman–Crippen LogP) is 6.72. The van der Waals surface area contributed by atoms with Crippen LogP contribution in [0.3, 0.4) is 0 Å². The Labute approximate surface area is 260 Å². The monoisotopic (exact) mass is 592 g/mol. The van der Waals surface area contributed by atoms with Crippen molar-refractivity contribution in [3.63, 3.8) is 0 Å². The van der Waals surface area contributed by atoms with Crippen molar-refractivity contribution in [1.82, 2.24) is 0 Å². The van der Waals surface area contributed by atoms with Gasteiger partial charge in [-0.2, -0.15) is 0 Å². The third-order valence-electron chi connectivity index (χ3n) is 7.34. The molecule has 4 aromatic rings. The van der Waals surface area contributed by atoms with E-state index in [4.69, 9.17) is 28.4 Å². The Kier molecular flexibility index (Phi) is 12.6. The van der Waals surface area contributed by atoms with Gasteiger partial charge in [0.05, 0.1) is 33.0 Å². The van der Waals surface area contributed by atoms with Crippen LogP contribution in [0.15, 0.2) is 121 Å². The Balaban J connectivity index is 1.42. The van der Waals surface area contributed by atoms with Gasteiger partial charge in [0.15, 0.2) is 6.29 Å². The molecule has 1 aliphatic heterocycles. The average Bonchev–Trinajstić information content (AvgIpc) is 3.08. The summed E-state index contributed by atoms with van der Waals surface area (Å²) in [6.07, 6.45) is -2.86. The molecule has 0 N–H and O–H groups in total. The number of benzene rings is 4. The van der Waals surface area contributed by atoms with Gasteiger partial charge in [-0.25, -0.2) is 0 Å². The normalized spacial score (nSPS) is 21.3. The zero-order valence-electron chi connectivity index (χ0n) is 25.1. The zero-order chi connectivity index (χ0) is 30.2. The van der Waals surface area contributed by atoms with E-state index in [0.29, 0.717) is 26.4 Å². The molecule has 0 bridgehead atoms. The summed E-state index contributed by atoms with van der Waals surface area (Å²) in [6, 6.07) is 40.3. The highest BCUT2D eigenvalue weighted by Crippen LogP contribution is 2.31. The van der Waals surface area contributed by atoms with Crippen LogP contribution in [0.4, 0.5) is 0 Å². The molecule has 0 amide bonds. The summed E-state index contributed by atoms with van der Waals surface area (Å²) in [5.74, 6) is 5.89. The summed E-state index contributed by atoms with van der Waals surface area (Å²) in [7, 11) is 0. The SMILES string of the molecule is CC#CCO[C@@H]1O[C@H](COCc2ccccc2)[C@@H](OCc2ccccc2)[C@H](OCc2ccccc2)[C@H]1OCc1ccccc1. The third-order valence-corrected chi connectivity index (χ3v) is 7.34. The molecule has 44 heavy (non-hydrogen) atoms. The maximum absolute atomic E-state index is 6.70. The van der Waals surface area contributed by atoms with Crippen molar-refractivity contribution < 1.29 is 28.4 Å². The van der Waals surface area contributed by atoms with E-state index in [1.54, 1.807) is 6.92 Å². The predicted molar refractivity (Wildman–Crippen MR) is 169 cm³/mol. The summed E-state index contributed by atoms with van der Waals surface area (Å²) in [5.41, 5.74) is 4.22. The van der Waals surface area contributed by atoms with Crippen molar-refractivity contribution in [2.75, 3.05) is 13.2 Å². The molecule has 1 heterocycles. The van der Waals surface area contributed by atoms with E-state index >= 15 is 0 Å². The highest BCUT2D eigenvalue weighted by atomic mass is 16.7. The van der Waals surface area contributed by atoms with Gasteiger partial charge in [0.2, 0.25) is 0 Å². The maximum atomic E-state index is 6.70. The number of hydrogen-bond donors (Lipinski definition) is 0. The zero-order valence-corrected chi connectivity index (χ0v) is 25.1. The van der Waals surface area contributed by atoms with Gasteiger partial charge in [-0.1, -0.05) is 127 Å². The Morgan fingerprint density at radius 3 is 1.43 bits per heavy atom. The fourth-order valence-electron chi connectivity index (χ4n) is 5.08. The largest absolute Gasteiger partial charge is 0.374 e. The molecule has 0 aliphatic carbocycles. The molecule has 0 unspecified atom stereocenters. The summed E-state index contributed by atoms with van der Waals surface area (Å²) >= 11 is 0. The first-order valence-electron chi connectivity index (χ1n) is 15.0. The van der Waals surface area contributed by atoms with Crippen LogP contribution in [0, 0.1) is 11.8 Å². The van der Waals surface area contributed by atoms with Crippen LogP contribution in [0.2, 0.25) is 0 Å². The minimum atomic E-state index is -0.748. The first-order chi connectivity index (χ1) is 21.8. The van der Waals surface area contributed by atoms with Gasteiger partial charge in [-0.15, -0.1) is 5.92 Å². The molecule has 6 heteroatoms. The molecule has 1 saturated heterocycles. The van der Waals surface area contributed by atoms with Crippen molar-refractivity contribution in [3.05, 3.63) is 144 Å². The third kappa shape index (κ3) is 9.60. The maximum Gasteiger partial charge on any atom is 0.188 e. The van der Waals surface area contributed by atoms with Gasteiger partial charge in [-0.05, 0) is 29.2 Å². The van der Waals surface area contributed by atoms with Crippen LogP contribution in [0.1, 0.15) is 29.2 Å². The van der Waals surface area contributed by atoms with E-state index in [1.807, 2.05) is 121 Å². The Morgan fingerprint density at radius 1 is 0.523 bits per heavy atom. The van der Waals surface area contributed by atoms with Gasteiger partial charge >= 0.3 is 0 Å². The topological polar surface area (TPSA) is 55.4 Å². The molecular formula is C38H40O6. The lowest BCUT2D eigenvalue weighted by atomic mass is 9.97. The van der Waals surface area contributed by atoms with Crippen LogP contribution in [0.25, 0.3) is 0 Å². The summed E-state index contributed by atoms with van der Waals surface area (Å²) < 4.78 is 38.9. The first-order valence-corrected chi connectivity index (χ1v) is 15.0. The molecule has 4 aromatic carbocycles. The molecule has 5 atom stereocenters.